The average Bonchev–Trinajstić information content (AvgIpc) is 2.45. The molecule has 0 aliphatic heterocycles. The number of hydrogen-bond acceptors (Lipinski definition) is 3. The molecular weight excluding hydrogens is 388 g/mol. The van der Waals surface area contributed by atoms with Gasteiger partial charge in [-0.2, -0.15) is 0 Å². The summed E-state index contributed by atoms with van der Waals surface area (Å²) in [5.41, 5.74) is 2.01. The van der Waals surface area contributed by atoms with Gasteiger partial charge in [0, 0.05) is 11.6 Å². The molecule has 7 heteroatoms. The van der Waals surface area contributed by atoms with Crippen molar-refractivity contribution in [3.05, 3.63) is 23.3 Å². The predicted molar refractivity (Wildman–Crippen MR) is 121 cm³/mol. The van der Waals surface area contributed by atoms with Crippen LogP contribution in [0.15, 0.2) is 12.1 Å². The molecule has 0 aromatic heterocycles. The van der Waals surface area contributed by atoms with Gasteiger partial charge in [0.2, 0.25) is 16.6 Å². The highest BCUT2D eigenvalue weighted by Crippen LogP contribution is 2.32. The van der Waals surface area contributed by atoms with Gasteiger partial charge in [0.05, 0.1) is 9.52 Å². The summed E-state index contributed by atoms with van der Waals surface area (Å²) in [6.45, 7) is 19.5. The fraction of sp³-hybridized carbons (Fsp3) is 0.550. The molecule has 0 amide bonds. The number of rotatable bonds is 9. The van der Waals surface area contributed by atoms with Gasteiger partial charge in [0.1, 0.15) is 11.5 Å². The first-order valence-corrected chi connectivity index (χ1v) is 17.7. The summed E-state index contributed by atoms with van der Waals surface area (Å²) >= 11 is 0. The summed E-state index contributed by atoms with van der Waals surface area (Å²) in [7, 11) is -3.14. The molecule has 0 atom stereocenters. The van der Waals surface area contributed by atoms with Crippen LogP contribution in [0.4, 0.5) is 0 Å². The molecule has 0 heterocycles. The van der Waals surface area contributed by atoms with Crippen molar-refractivity contribution in [2.24, 2.45) is 5.92 Å². The molecule has 0 fully saturated rings. The summed E-state index contributed by atoms with van der Waals surface area (Å²) in [6, 6.07) is 1.98. The van der Waals surface area contributed by atoms with Crippen LogP contribution < -0.4 is 14.0 Å². The predicted octanol–water partition coefficient (Wildman–Crippen LogP) is 4.79. The van der Waals surface area contributed by atoms with Crippen LogP contribution in [0.3, 0.4) is 0 Å². The van der Waals surface area contributed by atoms with E-state index in [4.69, 9.17) is 14.0 Å². The third-order valence-electron chi connectivity index (χ3n) is 3.47. The minimum atomic E-state index is -1.87. The minimum Gasteiger partial charge on any atom is -0.544 e. The third-order valence-corrected chi connectivity index (χ3v) is 6.14. The zero-order valence-corrected chi connectivity index (χ0v) is 21.2. The van der Waals surface area contributed by atoms with Crippen molar-refractivity contribution in [1.82, 2.24) is 0 Å². The Kier molecular flexibility index (Phi) is 8.13. The van der Waals surface area contributed by atoms with Gasteiger partial charge in [-0.15, -0.1) is 0 Å². The van der Waals surface area contributed by atoms with Gasteiger partial charge in [-0.1, -0.05) is 20.4 Å². The molecular formula is C20H34O4Si3. The highest BCUT2D eigenvalue weighted by atomic mass is 28.4. The van der Waals surface area contributed by atoms with E-state index in [2.05, 4.69) is 59.7 Å². The fourth-order valence-corrected chi connectivity index (χ4v) is 5.42. The van der Waals surface area contributed by atoms with Gasteiger partial charge in [0.15, 0.2) is 0 Å². The maximum absolute atomic E-state index is 11.1. The van der Waals surface area contributed by atoms with Gasteiger partial charge in [-0.25, -0.2) is 4.79 Å². The maximum Gasteiger partial charge on any atom is 0.328 e. The first-order chi connectivity index (χ1) is 12.2. The lowest BCUT2D eigenvalue weighted by atomic mass is 9.99. The Bertz CT molecular complexity index is 699. The summed E-state index contributed by atoms with van der Waals surface area (Å²) in [5, 5.41) is 10.3. The zero-order chi connectivity index (χ0) is 21.0. The molecule has 1 aromatic carbocycles. The summed E-state index contributed by atoms with van der Waals surface area (Å²) in [5.74, 6) is 1.25. The van der Waals surface area contributed by atoms with Crippen molar-refractivity contribution in [3.8, 4) is 11.5 Å². The monoisotopic (exact) mass is 422 g/mol. The van der Waals surface area contributed by atoms with Crippen LogP contribution in [0.2, 0.25) is 45.8 Å². The standard InChI is InChI=1S/C20H34O4Si3/c1-14(2)12-16-17(23-26(4,5)6)13-15(10-11-18(21)22)19(20(16)25-3)24-27(7,8)9/h10-11,13-14H,12H2,1-9H3,(H,21,22). The van der Waals surface area contributed by atoms with E-state index in [0.29, 0.717) is 15.4 Å². The Morgan fingerprint density at radius 3 is 2.11 bits per heavy atom. The topological polar surface area (TPSA) is 55.8 Å². The van der Waals surface area contributed by atoms with Crippen molar-refractivity contribution in [2.75, 3.05) is 0 Å². The van der Waals surface area contributed by atoms with Crippen molar-refractivity contribution in [3.63, 3.8) is 0 Å². The van der Waals surface area contributed by atoms with Crippen molar-refractivity contribution >= 4 is 43.4 Å². The quantitative estimate of drug-likeness (QED) is 0.459. The van der Waals surface area contributed by atoms with Crippen LogP contribution in [0.5, 0.6) is 11.5 Å². The molecule has 1 N–H and O–H groups in total. The lowest BCUT2D eigenvalue weighted by Crippen LogP contribution is -2.36. The van der Waals surface area contributed by atoms with Gasteiger partial charge >= 0.3 is 5.97 Å². The molecule has 0 saturated carbocycles. The number of hydrogen-bond donors (Lipinski definition) is 1. The first kappa shape index (κ1) is 23.7. The molecule has 4 nitrogen and oxygen atoms in total. The molecule has 0 unspecified atom stereocenters. The number of benzene rings is 1. The Balaban J connectivity index is 3.77. The lowest BCUT2D eigenvalue weighted by molar-refractivity contribution is -0.131. The molecule has 1 rings (SSSR count). The highest BCUT2D eigenvalue weighted by molar-refractivity contribution is 6.71. The third kappa shape index (κ3) is 8.06. The van der Waals surface area contributed by atoms with E-state index in [1.807, 2.05) is 6.07 Å². The van der Waals surface area contributed by atoms with Crippen LogP contribution in [-0.2, 0) is 11.2 Å². The van der Waals surface area contributed by atoms with Crippen LogP contribution in [0.1, 0.15) is 25.0 Å². The second kappa shape index (κ2) is 9.25. The van der Waals surface area contributed by atoms with Crippen LogP contribution in [-0.4, -0.2) is 37.2 Å². The molecule has 2 radical (unpaired) electrons. The first-order valence-electron chi connectivity index (χ1n) is 9.40. The van der Waals surface area contributed by atoms with E-state index in [0.717, 1.165) is 23.5 Å². The number of aliphatic carboxylic acids is 1. The van der Waals surface area contributed by atoms with Crippen molar-refractivity contribution in [2.45, 2.75) is 66.1 Å². The number of carbonyl (C=O) groups is 1. The van der Waals surface area contributed by atoms with Crippen LogP contribution in [0.25, 0.3) is 6.08 Å². The Morgan fingerprint density at radius 2 is 1.70 bits per heavy atom. The van der Waals surface area contributed by atoms with Crippen LogP contribution >= 0.6 is 0 Å². The van der Waals surface area contributed by atoms with Gasteiger partial charge in [-0.05, 0) is 74.5 Å². The largest absolute Gasteiger partial charge is 0.544 e. The maximum atomic E-state index is 11.1. The lowest BCUT2D eigenvalue weighted by Gasteiger charge is -2.29. The van der Waals surface area contributed by atoms with Crippen molar-refractivity contribution < 1.29 is 18.8 Å². The van der Waals surface area contributed by atoms with E-state index in [9.17, 15) is 4.79 Å². The molecule has 0 aliphatic rings. The van der Waals surface area contributed by atoms with Crippen molar-refractivity contribution in [1.29, 1.82) is 0 Å². The molecule has 0 saturated heterocycles. The summed E-state index contributed by atoms with van der Waals surface area (Å²) < 4.78 is 12.9. The van der Waals surface area contributed by atoms with Gasteiger partial charge < -0.3 is 14.0 Å². The summed E-state index contributed by atoms with van der Waals surface area (Å²) in [4.78, 5) is 11.1. The van der Waals surface area contributed by atoms with Crippen LogP contribution in [0, 0.1) is 5.92 Å². The summed E-state index contributed by atoms with van der Waals surface area (Å²) in [6.07, 6.45) is 3.73. The van der Waals surface area contributed by atoms with E-state index in [-0.39, 0.29) is 0 Å². The number of carboxylic acids is 1. The SMILES string of the molecule is C[Si]c1c(CC(C)C)c(O[Si](C)(C)C)cc(C=CC(=O)O)c1O[Si](C)(C)C. The highest BCUT2D eigenvalue weighted by Gasteiger charge is 2.26. The zero-order valence-electron chi connectivity index (χ0n) is 18.2. The Hall–Kier alpha value is -1.32. The molecule has 1 aromatic rings. The molecule has 0 aliphatic carbocycles. The molecule has 150 valence electrons. The molecule has 27 heavy (non-hydrogen) atoms. The molecule has 0 bridgehead atoms. The smallest absolute Gasteiger partial charge is 0.328 e. The van der Waals surface area contributed by atoms with E-state index in [1.54, 1.807) is 6.08 Å². The van der Waals surface area contributed by atoms with Gasteiger partial charge in [0.25, 0.3) is 0 Å². The van der Waals surface area contributed by atoms with Gasteiger partial charge in [-0.3, -0.25) is 0 Å². The normalized spacial score (nSPS) is 12.7. The molecule has 0 spiro atoms. The average molecular weight is 423 g/mol. The van der Waals surface area contributed by atoms with E-state index in [1.165, 1.54) is 16.8 Å². The number of carboxylic acid groups (broad SMARTS) is 1. The second-order valence-electron chi connectivity index (χ2n) is 9.10. The van der Waals surface area contributed by atoms with E-state index >= 15 is 0 Å². The Labute approximate surface area is 169 Å². The van der Waals surface area contributed by atoms with E-state index < -0.39 is 22.6 Å². The minimum absolute atomic E-state index is 0.490. The fourth-order valence-electron chi connectivity index (χ4n) is 2.70. The second-order valence-corrected chi connectivity index (χ2v) is 19.0. The Morgan fingerprint density at radius 1 is 1.15 bits per heavy atom.